The Hall–Kier alpha value is -1.96. The monoisotopic (exact) mass is 488 g/mol. The summed E-state index contributed by atoms with van der Waals surface area (Å²) in [5, 5.41) is 14.0. The molecular formula is C22H31F3N4O3S. The van der Waals surface area contributed by atoms with E-state index in [0.717, 1.165) is 6.42 Å². The SMILES string of the molecule is CSCC[C@@H](C#N)NC(=O)[C@H]1N(C(=O)[C@@H](NC(=O)C(F)(F)F)C(C)(C)C)CC23CC12C3(C)C. The Bertz CT molecular complexity index is 910. The molecule has 1 aliphatic heterocycles. The average molecular weight is 489 g/mol. The maximum absolute atomic E-state index is 13.5. The van der Waals surface area contributed by atoms with Crippen molar-refractivity contribution in [1.82, 2.24) is 15.5 Å². The number of nitrogens with one attached hydrogen (secondary N) is 2. The summed E-state index contributed by atoms with van der Waals surface area (Å²) in [6, 6.07) is -1.01. The van der Waals surface area contributed by atoms with Crippen molar-refractivity contribution in [2.75, 3.05) is 18.6 Å². The van der Waals surface area contributed by atoms with Gasteiger partial charge >= 0.3 is 12.1 Å². The van der Waals surface area contributed by atoms with Crippen molar-refractivity contribution in [1.29, 1.82) is 5.26 Å². The van der Waals surface area contributed by atoms with E-state index in [0.29, 0.717) is 12.2 Å². The van der Waals surface area contributed by atoms with E-state index in [1.165, 1.54) is 4.90 Å². The van der Waals surface area contributed by atoms with Crippen LogP contribution in [0.15, 0.2) is 0 Å². The van der Waals surface area contributed by atoms with Crippen molar-refractivity contribution in [3.05, 3.63) is 0 Å². The molecule has 2 unspecified atom stereocenters. The molecule has 5 atom stereocenters. The third kappa shape index (κ3) is 3.69. The van der Waals surface area contributed by atoms with Gasteiger partial charge in [0.15, 0.2) is 0 Å². The molecule has 0 bridgehead atoms. The second-order valence-electron chi connectivity index (χ2n) is 11.0. The summed E-state index contributed by atoms with van der Waals surface area (Å²) in [6.45, 7) is 8.99. The molecule has 3 fully saturated rings. The average Bonchev–Trinajstić information content (AvgIpc) is 3.42. The molecule has 2 N–H and O–H groups in total. The third-order valence-electron chi connectivity index (χ3n) is 8.04. The second kappa shape index (κ2) is 7.79. The van der Waals surface area contributed by atoms with Crippen LogP contribution in [0.4, 0.5) is 13.2 Å². The van der Waals surface area contributed by atoms with Crippen molar-refractivity contribution >= 4 is 29.5 Å². The lowest BCUT2D eigenvalue weighted by atomic mass is 9.79. The Morgan fingerprint density at radius 1 is 1.21 bits per heavy atom. The first-order valence-electron chi connectivity index (χ1n) is 10.9. The molecule has 2 aliphatic carbocycles. The first kappa shape index (κ1) is 25.7. The van der Waals surface area contributed by atoms with Crippen LogP contribution in [-0.2, 0) is 14.4 Å². The summed E-state index contributed by atoms with van der Waals surface area (Å²) in [5.74, 6) is -2.69. The van der Waals surface area contributed by atoms with Crippen LogP contribution >= 0.6 is 11.8 Å². The number of rotatable bonds is 7. The molecule has 7 nitrogen and oxygen atoms in total. The zero-order valence-electron chi connectivity index (χ0n) is 19.7. The first-order valence-corrected chi connectivity index (χ1v) is 12.3. The van der Waals surface area contributed by atoms with Crippen LogP contribution in [0.5, 0.6) is 0 Å². The van der Waals surface area contributed by atoms with Crippen LogP contribution in [0.1, 0.15) is 47.5 Å². The summed E-state index contributed by atoms with van der Waals surface area (Å²) >= 11 is 1.54. The van der Waals surface area contributed by atoms with E-state index >= 15 is 0 Å². The van der Waals surface area contributed by atoms with E-state index in [2.05, 4.69) is 11.4 Å². The highest BCUT2D eigenvalue weighted by Gasteiger charge is 3.02. The van der Waals surface area contributed by atoms with Crippen molar-refractivity contribution in [2.45, 2.75) is 71.8 Å². The summed E-state index contributed by atoms with van der Waals surface area (Å²) < 4.78 is 38.8. The molecule has 3 rings (SSSR count). The fraction of sp³-hybridized carbons (Fsp3) is 0.818. The van der Waals surface area contributed by atoms with E-state index in [-0.39, 0.29) is 17.4 Å². The number of halogens is 3. The highest BCUT2D eigenvalue weighted by Crippen LogP contribution is 3.00. The van der Waals surface area contributed by atoms with Gasteiger partial charge in [0.2, 0.25) is 11.8 Å². The fourth-order valence-corrected chi connectivity index (χ4v) is 6.43. The lowest BCUT2D eigenvalue weighted by Crippen LogP contribution is -2.63. The minimum absolute atomic E-state index is 0.188. The minimum atomic E-state index is -5.13. The number of piperidine rings is 2. The molecule has 3 aliphatic rings. The first-order chi connectivity index (χ1) is 15.0. The largest absolute Gasteiger partial charge is 0.471 e. The van der Waals surface area contributed by atoms with Gasteiger partial charge < -0.3 is 15.5 Å². The second-order valence-corrected chi connectivity index (χ2v) is 12.0. The van der Waals surface area contributed by atoms with Gasteiger partial charge in [0, 0.05) is 17.4 Å². The molecule has 2 saturated carbocycles. The number of likely N-dealkylation sites (tertiary alicyclic amines) is 1. The number of hydrogen-bond donors (Lipinski definition) is 2. The Kier molecular flexibility index (Phi) is 6.05. The number of carbonyl (C=O) groups excluding carboxylic acids is 3. The minimum Gasteiger partial charge on any atom is -0.339 e. The van der Waals surface area contributed by atoms with Gasteiger partial charge in [-0.1, -0.05) is 34.6 Å². The van der Waals surface area contributed by atoms with Gasteiger partial charge in [0.1, 0.15) is 18.1 Å². The molecule has 0 spiro atoms. The highest BCUT2D eigenvalue weighted by molar-refractivity contribution is 7.98. The maximum atomic E-state index is 13.5. The Labute approximate surface area is 196 Å². The molecule has 0 radical (unpaired) electrons. The van der Waals surface area contributed by atoms with Gasteiger partial charge in [0.05, 0.1) is 6.07 Å². The topological polar surface area (TPSA) is 102 Å². The van der Waals surface area contributed by atoms with Gasteiger partial charge in [-0.2, -0.15) is 30.2 Å². The van der Waals surface area contributed by atoms with Crippen LogP contribution in [0.3, 0.4) is 0 Å². The van der Waals surface area contributed by atoms with Gasteiger partial charge in [-0.05, 0) is 35.7 Å². The van der Waals surface area contributed by atoms with Crippen molar-refractivity contribution < 1.29 is 27.6 Å². The van der Waals surface area contributed by atoms with Crippen LogP contribution in [0.2, 0.25) is 0 Å². The maximum Gasteiger partial charge on any atom is 0.471 e. The molecule has 184 valence electrons. The van der Waals surface area contributed by atoms with Crippen LogP contribution in [0.25, 0.3) is 0 Å². The zero-order chi connectivity index (χ0) is 25.2. The van der Waals surface area contributed by atoms with E-state index in [1.54, 1.807) is 32.5 Å². The number of hydrogen-bond acceptors (Lipinski definition) is 5. The molecular weight excluding hydrogens is 457 g/mol. The molecule has 11 heteroatoms. The summed E-state index contributed by atoms with van der Waals surface area (Å²) in [7, 11) is 0. The number of nitrogens with zero attached hydrogens (tertiary/aromatic N) is 2. The van der Waals surface area contributed by atoms with Crippen molar-refractivity contribution in [3.8, 4) is 6.07 Å². The standard InChI is InChI=1S/C22H31F3N4O3S/c1-18(2,3)13(28-17(32)22(23,24)25)16(31)29-11-20-10-21(20,19(20,4)5)14(29)15(30)27-12(9-26)7-8-33-6/h12-14H,7-8,10-11H2,1-6H3,(H,27,30)(H,28,32)/t12-,13+,14+,20?,21?/m0/s1. The summed E-state index contributed by atoms with van der Waals surface area (Å²) in [5.41, 5.74) is -1.91. The Morgan fingerprint density at radius 3 is 2.27 bits per heavy atom. The smallest absolute Gasteiger partial charge is 0.339 e. The van der Waals surface area contributed by atoms with Gasteiger partial charge in [0.25, 0.3) is 0 Å². The third-order valence-corrected chi connectivity index (χ3v) is 8.68. The number of carbonyl (C=O) groups is 3. The molecule has 0 aromatic carbocycles. The van der Waals surface area contributed by atoms with Gasteiger partial charge in [-0.3, -0.25) is 14.4 Å². The summed E-state index contributed by atoms with van der Waals surface area (Å²) in [6.07, 6.45) is -2.05. The summed E-state index contributed by atoms with van der Waals surface area (Å²) in [4.78, 5) is 39.9. The Balaban J connectivity index is 1.88. The molecule has 3 amide bonds. The van der Waals surface area contributed by atoms with Gasteiger partial charge in [-0.15, -0.1) is 0 Å². The van der Waals surface area contributed by atoms with Crippen molar-refractivity contribution in [3.63, 3.8) is 0 Å². The zero-order valence-corrected chi connectivity index (χ0v) is 20.5. The lowest BCUT2D eigenvalue weighted by molar-refractivity contribution is -0.176. The van der Waals surface area contributed by atoms with E-state index in [4.69, 9.17) is 0 Å². The van der Waals surface area contributed by atoms with Crippen molar-refractivity contribution in [2.24, 2.45) is 21.7 Å². The van der Waals surface area contributed by atoms with Crippen LogP contribution < -0.4 is 10.6 Å². The van der Waals surface area contributed by atoms with Crippen LogP contribution in [0, 0.1) is 33.0 Å². The molecule has 33 heavy (non-hydrogen) atoms. The highest BCUT2D eigenvalue weighted by atomic mass is 32.2. The number of nitriles is 1. The number of amides is 3. The normalized spacial score (nSPS) is 30.9. The molecule has 1 heterocycles. The van der Waals surface area contributed by atoms with E-state index in [9.17, 15) is 32.8 Å². The lowest BCUT2D eigenvalue weighted by Gasteiger charge is -2.42. The van der Waals surface area contributed by atoms with Crippen LogP contribution in [-0.4, -0.2) is 65.5 Å². The quantitative estimate of drug-likeness (QED) is 0.573. The number of alkyl halides is 3. The molecule has 0 aromatic rings. The predicted octanol–water partition coefficient (Wildman–Crippen LogP) is 2.47. The number of thioether (sulfide) groups is 1. The fourth-order valence-electron chi connectivity index (χ4n) is 5.96. The van der Waals surface area contributed by atoms with Gasteiger partial charge in [-0.25, -0.2) is 0 Å². The van der Waals surface area contributed by atoms with E-state index < -0.39 is 52.9 Å². The Morgan fingerprint density at radius 2 is 1.82 bits per heavy atom. The van der Waals surface area contributed by atoms with E-state index in [1.807, 2.05) is 25.4 Å². The molecule has 1 saturated heterocycles. The molecule has 0 aromatic heterocycles. The predicted molar refractivity (Wildman–Crippen MR) is 117 cm³/mol.